The number of hydrogen-bond donors (Lipinski definition) is 2. The minimum absolute atomic E-state index is 0.123. The molecule has 0 radical (unpaired) electrons. The van der Waals surface area contributed by atoms with Gasteiger partial charge in [0.15, 0.2) is 5.82 Å². The number of furan rings is 1. The van der Waals surface area contributed by atoms with Crippen molar-refractivity contribution in [1.82, 2.24) is 19.9 Å². The van der Waals surface area contributed by atoms with Crippen LogP contribution in [0.4, 0.5) is 5.82 Å². The number of carbonyl (C=O) groups excluding carboxylic acids is 1. The summed E-state index contributed by atoms with van der Waals surface area (Å²) in [6.45, 7) is 1.94. The maximum atomic E-state index is 12.0. The van der Waals surface area contributed by atoms with Crippen LogP contribution in [0.3, 0.4) is 0 Å². The number of nitrogens with one attached hydrogen (secondary N) is 1. The lowest BCUT2D eigenvalue weighted by Crippen LogP contribution is -2.24. The molecule has 8 heteroatoms. The van der Waals surface area contributed by atoms with E-state index in [4.69, 9.17) is 19.9 Å². The average Bonchev–Trinajstić information content (AvgIpc) is 3.41. The number of methoxy groups -OCH3 is 1. The average molecular weight is 407 g/mol. The third kappa shape index (κ3) is 3.99. The van der Waals surface area contributed by atoms with Gasteiger partial charge in [0.1, 0.15) is 17.6 Å². The van der Waals surface area contributed by atoms with Crippen molar-refractivity contribution < 1.29 is 13.9 Å². The quantitative estimate of drug-likeness (QED) is 0.413. The summed E-state index contributed by atoms with van der Waals surface area (Å²) >= 11 is 0. The first-order chi connectivity index (χ1) is 14.7. The number of aryl methyl sites for hydroxylation is 1. The summed E-state index contributed by atoms with van der Waals surface area (Å²) in [5.74, 6) is 1.25. The van der Waals surface area contributed by atoms with Crippen LogP contribution in [0, 0.1) is 0 Å². The molecule has 3 aromatic heterocycles. The maximum Gasteiger partial charge on any atom is 0.254 e. The Morgan fingerprint density at radius 1 is 1.23 bits per heavy atom. The highest BCUT2D eigenvalue weighted by atomic mass is 16.5. The van der Waals surface area contributed by atoms with Gasteiger partial charge in [-0.25, -0.2) is 9.97 Å². The summed E-state index contributed by atoms with van der Waals surface area (Å²) in [6.07, 6.45) is 5.35. The molecule has 0 saturated carbocycles. The molecule has 0 bridgehead atoms. The van der Waals surface area contributed by atoms with Crippen molar-refractivity contribution in [1.29, 1.82) is 0 Å². The smallest absolute Gasteiger partial charge is 0.254 e. The van der Waals surface area contributed by atoms with Crippen molar-refractivity contribution in [3.8, 4) is 0 Å². The predicted octanol–water partition coefficient (Wildman–Crippen LogP) is 3.16. The number of unbranched alkanes of at least 4 members (excludes halogenated alkanes) is 1. The van der Waals surface area contributed by atoms with Gasteiger partial charge in [-0.2, -0.15) is 0 Å². The Balaban J connectivity index is 1.53. The van der Waals surface area contributed by atoms with Gasteiger partial charge in [-0.15, -0.1) is 0 Å². The summed E-state index contributed by atoms with van der Waals surface area (Å²) in [6, 6.07) is 9.61. The molecular formula is C22H25N5O3. The van der Waals surface area contributed by atoms with Crippen molar-refractivity contribution in [2.75, 3.05) is 26.0 Å². The molecule has 4 aromatic rings. The topological polar surface area (TPSA) is 108 Å². The van der Waals surface area contributed by atoms with Gasteiger partial charge in [0, 0.05) is 32.0 Å². The Morgan fingerprint density at radius 2 is 2.10 bits per heavy atom. The van der Waals surface area contributed by atoms with E-state index in [1.165, 1.54) is 12.5 Å². The molecule has 0 spiro atoms. The fourth-order valence-corrected chi connectivity index (χ4v) is 3.62. The first kappa shape index (κ1) is 19.9. The number of pyridine rings is 1. The van der Waals surface area contributed by atoms with Gasteiger partial charge in [0.2, 0.25) is 0 Å². The van der Waals surface area contributed by atoms with Gasteiger partial charge in [-0.05, 0) is 25.0 Å². The number of amides is 1. The van der Waals surface area contributed by atoms with E-state index in [0.29, 0.717) is 31.0 Å². The Kier molecular flexibility index (Phi) is 5.94. The molecule has 30 heavy (non-hydrogen) atoms. The lowest BCUT2D eigenvalue weighted by atomic mass is 10.2. The molecule has 8 nitrogen and oxygen atoms in total. The summed E-state index contributed by atoms with van der Waals surface area (Å²) in [5.41, 5.74) is 9.34. The molecule has 4 rings (SSSR count). The van der Waals surface area contributed by atoms with Gasteiger partial charge in [-0.1, -0.05) is 18.2 Å². The molecule has 0 unspecified atom stereocenters. The minimum Gasteiger partial charge on any atom is -0.472 e. The van der Waals surface area contributed by atoms with Crippen LogP contribution in [0.1, 0.15) is 29.0 Å². The number of nitrogens with two attached hydrogens (primary N) is 1. The van der Waals surface area contributed by atoms with Crippen LogP contribution in [0.2, 0.25) is 0 Å². The molecule has 3 heterocycles. The van der Waals surface area contributed by atoms with Gasteiger partial charge in [0.05, 0.1) is 29.5 Å². The van der Waals surface area contributed by atoms with E-state index in [0.717, 1.165) is 47.1 Å². The summed E-state index contributed by atoms with van der Waals surface area (Å²) < 4.78 is 12.4. The molecule has 0 saturated heterocycles. The molecule has 156 valence electrons. The summed E-state index contributed by atoms with van der Waals surface area (Å²) in [7, 11) is 1.68. The molecule has 3 N–H and O–H groups in total. The molecule has 0 atom stereocenters. The number of ether oxygens (including phenoxy) is 1. The molecule has 0 aliphatic heterocycles. The van der Waals surface area contributed by atoms with Crippen molar-refractivity contribution >= 4 is 33.7 Å². The standard InChI is InChI=1S/C22H25N5O3/c1-29-12-9-18-26-19-20(16-6-2-3-7-17(16)25-21(19)23)27(18)11-5-4-10-24-22(28)15-8-13-30-14-15/h2-3,6-8,13-14H,4-5,9-12H2,1H3,(H2,23,25)(H,24,28). The van der Waals surface area contributed by atoms with Gasteiger partial charge in [-0.3, -0.25) is 4.79 Å². The largest absolute Gasteiger partial charge is 0.472 e. The number of benzene rings is 1. The van der Waals surface area contributed by atoms with Crippen LogP contribution < -0.4 is 11.1 Å². The van der Waals surface area contributed by atoms with Crippen molar-refractivity contribution in [3.63, 3.8) is 0 Å². The summed E-state index contributed by atoms with van der Waals surface area (Å²) in [4.78, 5) is 21.3. The van der Waals surface area contributed by atoms with Crippen molar-refractivity contribution in [3.05, 3.63) is 54.2 Å². The number of nitrogens with zero attached hydrogens (tertiary/aromatic N) is 3. The zero-order valence-electron chi connectivity index (χ0n) is 16.9. The first-order valence-electron chi connectivity index (χ1n) is 10.0. The molecular weight excluding hydrogens is 382 g/mol. The zero-order chi connectivity index (χ0) is 20.9. The second kappa shape index (κ2) is 8.96. The molecule has 1 aromatic carbocycles. The normalized spacial score (nSPS) is 11.4. The number of hydrogen-bond acceptors (Lipinski definition) is 6. The molecule has 0 aliphatic rings. The third-order valence-corrected chi connectivity index (χ3v) is 5.10. The highest BCUT2D eigenvalue weighted by molar-refractivity contribution is 6.06. The number of fused-ring (bicyclic) bond motifs is 3. The third-order valence-electron chi connectivity index (χ3n) is 5.10. The minimum atomic E-state index is -0.123. The molecule has 1 amide bonds. The van der Waals surface area contributed by atoms with E-state index in [2.05, 4.69) is 14.9 Å². The molecule has 0 fully saturated rings. The number of aromatic nitrogens is 3. The van der Waals surface area contributed by atoms with Crippen LogP contribution in [-0.2, 0) is 17.7 Å². The SMILES string of the molecule is COCCc1nc2c(N)nc3ccccc3c2n1CCCCNC(=O)c1ccoc1. The number of nitrogen functional groups attached to an aromatic ring is 1. The van der Waals surface area contributed by atoms with E-state index in [-0.39, 0.29) is 5.91 Å². The Labute approximate surface area is 174 Å². The zero-order valence-corrected chi connectivity index (χ0v) is 16.9. The fraction of sp³-hybridized carbons (Fsp3) is 0.318. The Bertz CT molecular complexity index is 1150. The van der Waals surface area contributed by atoms with E-state index in [9.17, 15) is 4.79 Å². The highest BCUT2D eigenvalue weighted by Crippen LogP contribution is 2.29. The van der Waals surface area contributed by atoms with Crippen LogP contribution in [0.25, 0.3) is 21.9 Å². The number of imidazole rings is 1. The van der Waals surface area contributed by atoms with E-state index < -0.39 is 0 Å². The fourth-order valence-electron chi connectivity index (χ4n) is 3.62. The predicted molar refractivity (Wildman–Crippen MR) is 115 cm³/mol. The van der Waals surface area contributed by atoms with Crippen LogP contribution in [0.15, 0.2) is 47.3 Å². The highest BCUT2D eigenvalue weighted by Gasteiger charge is 2.17. The lowest BCUT2D eigenvalue weighted by Gasteiger charge is -2.11. The monoisotopic (exact) mass is 407 g/mol. The number of anilines is 1. The van der Waals surface area contributed by atoms with E-state index >= 15 is 0 Å². The lowest BCUT2D eigenvalue weighted by molar-refractivity contribution is 0.0952. The number of para-hydroxylation sites is 1. The summed E-state index contributed by atoms with van der Waals surface area (Å²) in [5, 5.41) is 3.95. The Hall–Kier alpha value is -3.39. The van der Waals surface area contributed by atoms with E-state index in [1.807, 2.05) is 24.3 Å². The van der Waals surface area contributed by atoms with Crippen LogP contribution >= 0.6 is 0 Å². The second-order valence-electron chi connectivity index (χ2n) is 7.11. The molecule has 0 aliphatic carbocycles. The van der Waals surface area contributed by atoms with Crippen LogP contribution in [0.5, 0.6) is 0 Å². The van der Waals surface area contributed by atoms with Crippen molar-refractivity contribution in [2.45, 2.75) is 25.8 Å². The Morgan fingerprint density at radius 3 is 2.90 bits per heavy atom. The van der Waals surface area contributed by atoms with Gasteiger partial charge in [0.25, 0.3) is 5.91 Å². The second-order valence-corrected chi connectivity index (χ2v) is 7.11. The number of carbonyl (C=O) groups is 1. The van der Waals surface area contributed by atoms with Crippen LogP contribution in [-0.4, -0.2) is 40.7 Å². The van der Waals surface area contributed by atoms with E-state index in [1.54, 1.807) is 13.2 Å². The van der Waals surface area contributed by atoms with Crippen molar-refractivity contribution in [2.24, 2.45) is 0 Å². The first-order valence-corrected chi connectivity index (χ1v) is 10.0. The van der Waals surface area contributed by atoms with Gasteiger partial charge < -0.3 is 24.8 Å². The maximum absolute atomic E-state index is 12.0. The van der Waals surface area contributed by atoms with Gasteiger partial charge >= 0.3 is 0 Å². The number of rotatable bonds is 9.